The number of piperidine rings is 1. The zero-order chi connectivity index (χ0) is 23.5. The lowest BCUT2D eigenvalue weighted by Crippen LogP contribution is -2.38. The van der Waals surface area contributed by atoms with Crippen molar-refractivity contribution in [3.63, 3.8) is 0 Å². The largest absolute Gasteiger partial charge is 0.497 e. The van der Waals surface area contributed by atoms with Gasteiger partial charge in [0.2, 0.25) is 0 Å². The molecule has 1 amide bonds. The molecule has 34 heavy (non-hydrogen) atoms. The lowest BCUT2D eigenvalue weighted by molar-refractivity contribution is 0.0701. The van der Waals surface area contributed by atoms with E-state index < -0.39 is 0 Å². The number of ether oxygens (including phenoxy) is 1. The number of hydrogen-bond acceptors (Lipinski definition) is 7. The highest BCUT2D eigenvalue weighted by atomic mass is 16.5. The van der Waals surface area contributed by atoms with Gasteiger partial charge in [-0.2, -0.15) is 0 Å². The second-order valence-corrected chi connectivity index (χ2v) is 8.35. The second-order valence-electron chi connectivity index (χ2n) is 8.35. The van der Waals surface area contributed by atoms with Crippen LogP contribution in [0.15, 0.2) is 65.6 Å². The first-order valence-corrected chi connectivity index (χ1v) is 11.3. The minimum atomic E-state index is -0.0940. The molecule has 0 unspecified atom stereocenters. The van der Waals surface area contributed by atoms with Crippen LogP contribution in [0.4, 0.5) is 0 Å². The van der Waals surface area contributed by atoms with Crippen LogP contribution in [0.25, 0.3) is 22.5 Å². The third-order valence-electron chi connectivity index (χ3n) is 6.15. The molecule has 1 saturated heterocycles. The molecule has 0 saturated carbocycles. The maximum Gasteiger partial charge on any atom is 0.276 e. The van der Waals surface area contributed by atoms with Crippen molar-refractivity contribution in [1.29, 1.82) is 0 Å². The Hall–Kier alpha value is -4.07. The standard InChI is InChI=1S/C26H25N5O3/c1-17-14-23(30-34-17)26(32)31-12-8-18(9-13-31)24-22(20-4-3-5-21(15-20)33-2)16-28-25(29-24)19-6-10-27-11-7-19/h3-7,10-11,14-16,18H,8-9,12-13H2,1-2H3. The molecule has 0 aliphatic carbocycles. The first-order chi connectivity index (χ1) is 16.6. The number of nitrogens with zero attached hydrogens (tertiary/aromatic N) is 5. The average molecular weight is 456 g/mol. The van der Waals surface area contributed by atoms with Crippen LogP contribution in [-0.2, 0) is 0 Å². The molecule has 0 radical (unpaired) electrons. The fourth-order valence-corrected chi connectivity index (χ4v) is 4.34. The Kier molecular flexibility index (Phi) is 6.03. The molecule has 0 N–H and O–H groups in total. The van der Waals surface area contributed by atoms with Crippen LogP contribution >= 0.6 is 0 Å². The Bertz CT molecular complexity index is 1300. The molecular weight excluding hydrogens is 430 g/mol. The first-order valence-electron chi connectivity index (χ1n) is 11.3. The van der Waals surface area contributed by atoms with E-state index in [2.05, 4.69) is 15.1 Å². The molecule has 8 heteroatoms. The molecule has 1 aromatic carbocycles. The number of hydrogen-bond donors (Lipinski definition) is 0. The summed E-state index contributed by atoms with van der Waals surface area (Å²) in [4.78, 5) is 28.4. The Morgan fingerprint density at radius 1 is 1.09 bits per heavy atom. The molecule has 8 nitrogen and oxygen atoms in total. The molecule has 0 spiro atoms. The van der Waals surface area contributed by atoms with Crippen LogP contribution in [0.2, 0.25) is 0 Å². The highest BCUT2D eigenvalue weighted by molar-refractivity contribution is 5.92. The van der Waals surface area contributed by atoms with E-state index in [0.29, 0.717) is 30.4 Å². The number of aryl methyl sites for hydroxylation is 1. The van der Waals surface area contributed by atoms with Gasteiger partial charge >= 0.3 is 0 Å². The van der Waals surface area contributed by atoms with Crippen molar-refractivity contribution in [2.45, 2.75) is 25.7 Å². The minimum absolute atomic E-state index is 0.0940. The topological polar surface area (TPSA) is 94.2 Å². The van der Waals surface area contributed by atoms with Crippen LogP contribution in [0.3, 0.4) is 0 Å². The second kappa shape index (κ2) is 9.43. The number of aromatic nitrogens is 4. The highest BCUT2D eigenvalue weighted by Gasteiger charge is 2.29. The van der Waals surface area contributed by atoms with E-state index in [1.54, 1.807) is 32.5 Å². The number of likely N-dealkylation sites (tertiary alicyclic amines) is 1. The Morgan fingerprint density at radius 2 is 1.88 bits per heavy atom. The molecule has 5 rings (SSSR count). The van der Waals surface area contributed by atoms with E-state index in [9.17, 15) is 4.79 Å². The van der Waals surface area contributed by atoms with E-state index in [1.807, 2.05) is 47.5 Å². The molecule has 1 aliphatic rings. The van der Waals surface area contributed by atoms with Gasteiger partial charge in [-0.25, -0.2) is 9.97 Å². The fourth-order valence-electron chi connectivity index (χ4n) is 4.34. The molecular formula is C26H25N5O3. The zero-order valence-corrected chi connectivity index (χ0v) is 19.1. The summed E-state index contributed by atoms with van der Waals surface area (Å²) in [5, 5.41) is 3.88. The Morgan fingerprint density at radius 3 is 2.59 bits per heavy atom. The van der Waals surface area contributed by atoms with Crippen molar-refractivity contribution in [3.05, 3.63) is 78.2 Å². The zero-order valence-electron chi connectivity index (χ0n) is 19.1. The summed E-state index contributed by atoms with van der Waals surface area (Å²) in [6.45, 7) is 3.04. The van der Waals surface area contributed by atoms with Crippen LogP contribution in [0.5, 0.6) is 5.75 Å². The van der Waals surface area contributed by atoms with Gasteiger partial charge in [-0.3, -0.25) is 9.78 Å². The number of benzene rings is 1. The third kappa shape index (κ3) is 4.39. The lowest BCUT2D eigenvalue weighted by atomic mass is 9.88. The van der Waals surface area contributed by atoms with Gasteiger partial charge in [-0.15, -0.1) is 0 Å². The quantitative estimate of drug-likeness (QED) is 0.436. The molecule has 0 atom stereocenters. The summed E-state index contributed by atoms with van der Waals surface area (Å²) < 4.78 is 10.5. The molecule has 3 aromatic heterocycles. The van der Waals surface area contributed by atoms with Crippen molar-refractivity contribution in [3.8, 4) is 28.3 Å². The summed E-state index contributed by atoms with van der Waals surface area (Å²) >= 11 is 0. The van der Waals surface area contributed by atoms with Crippen molar-refractivity contribution in [2.75, 3.05) is 20.2 Å². The van der Waals surface area contributed by atoms with E-state index in [1.165, 1.54) is 0 Å². The molecule has 4 heterocycles. The Labute approximate surface area is 197 Å². The van der Waals surface area contributed by atoms with Gasteiger partial charge in [-0.1, -0.05) is 17.3 Å². The molecule has 172 valence electrons. The summed E-state index contributed by atoms with van der Waals surface area (Å²) in [5.41, 5.74) is 4.25. The van der Waals surface area contributed by atoms with E-state index in [-0.39, 0.29) is 11.8 Å². The summed E-state index contributed by atoms with van der Waals surface area (Å²) in [6.07, 6.45) is 6.97. The first kappa shape index (κ1) is 21.8. The molecule has 0 bridgehead atoms. The van der Waals surface area contributed by atoms with Crippen LogP contribution in [0.1, 0.15) is 40.7 Å². The van der Waals surface area contributed by atoms with Gasteiger partial charge in [0.15, 0.2) is 11.5 Å². The van der Waals surface area contributed by atoms with E-state index >= 15 is 0 Å². The summed E-state index contributed by atoms with van der Waals surface area (Å²) in [5.74, 6) is 2.17. The van der Waals surface area contributed by atoms with E-state index in [4.69, 9.17) is 14.2 Å². The highest BCUT2D eigenvalue weighted by Crippen LogP contribution is 2.36. The van der Waals surface area contributed by atoms with Gasteiger partial charge < -0.3 is 14.2 Å². The van der Waals surface area contributed by atoms with Crippen molar-refractivity contribution in [2.24, 2.45) is 0 Å². The maximum absolute atomic E-state index is 12.8. The van der Waals surface area contributed by atoms with Crippen molar-refractivity contribution >= 4 is 5.91 Å². The van der Waals surface area contributed by atoms with Crippen molar-refractivity contribution in [1.82, 2.24) is 25.0 Å². The SMILES string of the molecule is COc1cccc(-c2cnc(-c3ccncc3)nc2C2CCN(C(=O)c3cc(C)on3)CC2)c1. The average Bonchev–Trinajstić information content (AvgIpc) is 3.34. The lowest BCUT2D eigenvalue weighted by Gasteiger charge is -2.32. The van der Waals surface area contributed by atoms with Crippen molar-refractivity contribution < 1.29 is 14.1 Å². The van der Waals surface area contributed by atoms with Gasteiger partial charge in [0.05, 0.1) is 12.8 Å². The Balaban J connectivity index is 1.45. The summed E-state index contributed by atoms with van der Waals surface area (Å²) in [7, 11) is 1.66. The number of amides is 1. The maximum atomic E-state index is 12.8. The number of methoxy groups -OCH3 is 1. The molecule has 1 fully saturated rings. The number of carbonyl (C=O) groups is 1. The van der Waals surface area contributed by atoms with Gasteiger partial charge in [0.25, 0.3) is 5.91 Å². The third-order valence-corrected chi connectivity index (χ3v) is 6.15. The smallest absolute Gasteiger partial charge is 0.276 e. The summed E-state index contributed by atoms with van der Waals surface area (Å²) in [6, 6.07) is 13.4. The van der Waals surface area contributed by atoms with Gasteiger partial charge in [0.1, 0.15) is 11.5 Å². The normalized spacial score (nSPS) is 14.2. The van der Waals surface area contributed by atoms with Crippen LogP contribution in [-0.4, -0.2) is 51.1 Å². The number of pyridine rings is 1. The van der Waals surface area contributed by atoms with Gasteiger partial charge in [-0.05, 0) is 49.6 Å². The van der Waals surface area contributed by atoms with Crippen LogP contribution < -0.4 is 4.74 Å². The van der Waals surface area contributed by atoms with Crippen LogP contribution in [0, 0.1) is 6.92 Å². The molecule has 1 aliphatic heterocycles. The predicted octanol–water partition coefficient (Wildman–Crippen LogP) is 4.53. The van der Waals surface area contributed by atoms with E-state index in [0.717, 1.165) is 41.0 Å². The monoisotopic (exact) mass is 455 g/mol. The fraction of sp³-hybridized carbons (Fsp3) is 0.269. The predicted molar refractivity (Wildman–Crippen MR) is 126 cm³/mol. The van der Waals surface area contributed by atoms with Gasteiger partial charge in [0, 0.05) is 54.8 Å². The number of carbonyl (C=O) groups excluding carboxylic acids is 1. The minimum Gasteiger partial charge on any atom is -0.497 e. The number of rotatable bonds is 5. The molecule has 4 aromatic rings.